The van der Waals surface area contributed by atoms with Crippen LogP contribution in [0.4, 0.5) is 0 Å². The Morgan fingerprint density at radius 1 is 1.03 bits per heavy atom. The number of benzene rings is 2. The van der Waals surface area contributed by atoms with Crippen molar-refractivity contribution in [3.63, 3.8) is 0 Å². The van der Waals surface area contributed by atoms with Gasteiger partial charge in [0.2, 0.25) is 5.91 Å². The minimum Gasteiger partial charge on any atom is -0.339 e. The SMILES string of the molecule is CCN1C(=O)c2ccccc2C(=O)[C@@]2(C)CN(C(=O)CCc3ccccc3)C[C@@H]12. The van der Waals surface area contributed by atoms with Gasteiger partial charge in [0.1, 0.15) is 0 Å². The number of likely N-dealkylation sites (N-methyl/N-ethyl adjacent to an activating group) is 1. The van der Waals surface area contributed by atoms with Crippen molar-refractivity contribution < 1.29 is 14.4 Å². The molecule has 0 unspecified atom stereocenters. The van der Waals surface area contributed by atoms with Crippen LogP contribution in [0.15, 0.2) is 54.6 Å². The highest BCUT2D eigenvalue weighted by atomic mass is 16.2. The predicted molar refractivity (Wildman–Crippen MR) is 111 cm³/mol. The Kier molecular flexibility index (Phi) is 4.99. The maximum absolute atomic E-state index is 13.5. The zero-order valence-corrected chi connectivity index (χ0v) is 16.9. The van der Waals surface area contributed by atoms with Gasteiger partial charge in [-0.05, 0) is 31.9 Å². The summed E-state index contributed by atoms with van der Waals surface area (Å²) in [4.78, 5) is 43.1. The lowest BCUT2D eigenvalue weighted by Gasteiger charge is -2.34. The van der Waals surface area contributed by atoms with Crippen molar-refractivity contribution in [2.75, 3.05) is 19.6 Å². The van der Waals surface area contributed by atoms with E-state index in [-0.39, 0.29) is 23.6 Å². The molecule has 2 aliphatic rings. The van der Waals surface area contributed by atoms with Crippen LogP contribution in [0.3, 0.4) is 0 Å². The number of hydrogen-bond donors (Lipinski definition) is 0. The zero-order chi connectivity index (χ0) is 20.6. The van der Waals surface area contributed by atoms with Crippen molar-refractivity contribution in [1.29, 1.82) is 0 Å². The normalized spacial score (nSPS) is 23.6. The summed E-state index contributed by atoms with van der Waals surface area (Å²) in [5.41, 5.74) is 1.27. The Morgan fingerprint density at radius 2 is 1.69 bits per heavy atom. The Morgan fingerprint density at radius 3 is 2.38 bits per heavy atom. The number of Topliss-reactive ketones (excluding diaryl/α,β-unsaturated/α-hetero) is 1. The van der Waals surface area contributed by atoms with Crippen LogP contribution in [-0.2, 0) is 11.2 Å². The fourth-order valence-electron chi connectivity index (χ4n) is 4.72. The summed E-state index contributed by atoms with van der Waals surface area (Å²) in [5, 5.41) is 0. The average Bonchev–Trinajstić information content (AvgIpc) is 3.08. The predicted octanol–water partition coefficient (Wildman–Crippen LogP) is 3.19. The van der Waals surface area contributed by atoms with Gasteiger partial charge in [0.15, 0.2) is 5.78 Å². The Bertz CT molecular complexity index is 956. The van der Waals surface area contributed by atoms with E-state index in [1.54, 1.807) is 34.1 Å². The number of carbonyl (C=O) groups excluding carboxylic acids is 3. The monoisotopic (exact) mass is 390 g/mol. The highest BCUT2D eigenvalue weighted by molar-refractivity contribution is 6.12. The van der Waals surface area contributed by atoms with Gasteiger partial charge in [-0.25, -0.2) is 0 Å². The summed E-state index contributed by atoms with van der Waals surface area (Å²) in [7, 11) is 0. The molecular weight excluding hydrogens is 364 g/mol. The minimum atomic E-state index is -0.791. The van der Waals surface area contributed by atoms with E-state index in [4.69, 9.17) is 0 Å². The Balaban J connectivity index is 1.60. The largest absolute Gasteiger partial charge is 0.339 e. The first-order valence-corrected chi connectivity index (χ1v) is 10.2. The second-order valence-corrected chi connectivity index (χ2v) is 8.16. The molecule has 29 heavy (non-hydrogen) atoms. The molecule has 2 amide bonds. The van der Waals surface area contributed by atoms with Gasteiger partial charge in [-0.3, -0.25) is 14.4 Å². The molecule has 0 N–H and O–H groups in total. The summed E-state index contributed by atoms with van der Waals surface area (Å²) in [6, 6.07) is 16.7. The smallest absolute Gasteiger partial charge is 0.254 e. The van der Waals surface area contributed by atoms with Crippen LogP contribution in [-0.4, -0.2) is 53.1 Å². The third kappa shape index (κ3) is 3.24. The van der Waals surface area contributed by atoms with E-state index >= 15 is 0 Å². The highest BCUT2D eigenvalue weighted by Gasteiger charge is 2.55. The first-order valence-electron chi connectivity index (χ1n) is 10.2. The number of carbonyl (C=O) groups is 3. The van der Waals surface area contributed by atoms with Crippen LogP contribution in [0, 0.1) is 5.41 Å². The molecule has 0 radical (unpaired) electrons. The molecule has 2 heterocycles. The number of likely N-dealkylation sites (tertiary alicyclic amines) is 1. The van der Waals surface area contributed by atoms with E-state index in [0.29, 0.717) is 43.6 Å². The second kappa shape index (κ2) is 7.47. The molecule has 2 aliphatic heterocycles. The maximum Gasteiger partial charge on any atom is 0.254 e. The molecule has 4 rings (SSSR count). The fraction of sp³-hybridized carbons (Fsp3) is 0.375. The van der Waals surface area contributed by atoms with Gasteiger partial charge in [0, 0.05) is 31.6 Å². The molecule has 0 spiro atoms. The van der Waals surface area contributed by atoms with Gasteiger partial charge in [0.05, 0.1) is 17.0 Å². The molecule has 0 aliphatic carbocycles. The van der Waals surface area contributed by atoms with Crippen LogP contribution >= 0.6 is 0 Å². The number of rotatable bonds is 4. The van der Waals surface area contributed by atoms with Crippen molar-refractivity contribution in [1.82, 2.24) is 9.80 Å². The first-order chi connectivity index (χ1) is 14.0. The van der Waals surface area contributed by atoms with Gasteiger partial charge in [-0.1, -0.05) is 48.5 Å². The zero-order valence-electron chi connectivity index (χ0n) is 16.9. The number of aryl methyl sites for hydroxylation is 1. The van der Waals surface area contributed by atoms with Crippen LogP contribution < -0.4 is 0 Å². The fourth-order valence-corrected chi connectivity index (χ4v) is 4.72. The van der Waals surface area contributed by atoms with Gasteiger partial charge in [-0.2, -0.15) is 0 Å². The standard InChI is InChI=1S/C24H26N2O3/c1-3-26-20-15-25(21(27)14-13-17-9-5-4-6-10-17)16-24(20,2)22(28)18-11-7-8-12-19(18)23(26)29/h4-12,20H,3,13-16H2,1-2H3/t20-,24+/m1/s1. The lowest BCUT2D eigenvalue weighted by atomic mass is 9.78. The summed E-state index contributed by atoms with van der Waals surface area (Å²) >= 11 is 0. The molecule has 1 fully saturated rings. The van der Waals surface area contributed by atoms with E-state index in [1.165, 1.54) is 0 Å². The van der Waals surface area contributed by atoms with E-state index in [0.717, 1.165) is 5.56 Å². The molecule has 5 heteroatoms. The molecule has 150 valence electrons. The summed E-state index contributed by atoms with van der Waals surface area (Å²) in [6.45, 7) is 5.09. The molecule has 0 saturated carbocycles. The highest BCUT2D eigenvalue weighted by Crippen LogP contribution is 2.41. The maximum atomic E-state index is 13.5. The third-order valence-corrected chi connectivity index (χ3v) is 6.37. The summed E-state index contributed by atoms with van der Waals surface area (Å²) < 4.78 is 0. The average molecular weight is 390 g/mol. The summed E-state index contributed by atoms with van der Waals surface area (Å²) in [5.74, 6) is -0.128. The molecule has 2 aromatic rings. The number of ketones is 1. The van der Waals surface area contributed by atoms with Crippen LogP contribution in [0.25, 0.3) is 0 Å². The molecule has 5 nitrogen and oxygen atoms in total. The lowest BCUT2D eigenvalue weighted by molar-refractivity contribution is -0.130. The Hall–Kier alpha value is -2.95. The molecule has 0 bridgehead atoms. The van der Waals surface area contributed by atoms with E-state index in [9.17, 15) is 14.4 Å². The van der Waals surface area contributed by atoms with Crippen molar-refractivity contribution in [2.24, 2.45) is 5.41 Å². The van der Waals surface area contributed by atoms with Crippen LogP contribution in [0.5, 0.6) is 0 Å². The number of hydrogen-bond acceptors (Lipinski definition) is 3. The van der Waals surface area contributed by atoms with Gasteiger partial charge < -0.3 is 9.80 Å². The molecule has 1 saturated heterocycles. The second-order valence-electron chi connectivity index (χ2n) is 8.16. The van der Waals surface area contributed by atoms with Gasteiger partial charge >= 0.3 is 0 Å². The third-order valence-electron chi connectivity index (χ3n) is 6.37. The van der Waals surface area contributed by atoms with Crippen LogP contribution in [0.1, 0.15) is 46.5 Å². The first kappa shape index (κ1) is 19.4. The van der Waals surface area contributed by atoms with Crippen molar-refractivity contribution >= 4 is 17.6 Å². The van der Waals surface area contributed by atoms with E-state index in [2.05, 4.69) is 0 Å². The quantitative estimate of drug-likeness (QED) is 0.806. The van der Waals surface area contributed by atoms with Gasteiger partial charge in [-0.15, -0.1) is 0 Å². The minimum absolute atomic E-state index is 0.0349. The van der Waals surface area contributed by atoms with Gasteiger partial charge in [0.25, 0.3) is 5.91 Å². The molecular formula is C24H26N2O3. The summed E-state index contributed by atoms with van der Waals surface area (Å²) in [6.07, 6.45) is 1.07. The van der Waals surface area contributed by atoms with Crippen molar-refractivity contribution in [3.05, 3.63) is 71.3 Å². The lowest BCUT2D eigenvalue weighted by Crippen LogP contribution is -2.49. The van der Waals surface area contributed by atoms with E-state index < -0.39 is 5.41 Å². The van der Waals surface area contributed by atoms with Crippen molar-refractivity contribution in [3.8, 4) is 0 Å². The molecule has 0 aromatic heterocycles. The topological polar surface area (TPSA) is 57.7 Å². The molecule has 2 aromatic carbocycles. The Labute approximate surface area is 171 Å². The number of fused-ring (bicyclic) bond motifs is 2. The van der Waals surface area contributed by atoms with E-state index in [1.807, 2.05) is 44.2 Å². The van der Waals surface area contributed by atoms with Crippen molar-refractivity contribution in [2.45, 2.75) is 32.7 Å². The number of nitrogens with zero attached hydrogens (tertiary/aromatic N) is 2. The van der Waals surface area contributed by atoms with Crippen LogP contribution in [0.2, 0.25) is 0 Å². The molecule has 2 atom stereocenters. The number of amides is 2.